The van der Waals surface area contributed by atoms with Gasteiger partial charge in [-0.1, -0.05) is 0 Å². The van der Waals surface area contributed by atoms with E-state index in [1.807, 2.05) is 0 Å². The number of ether oxygens (including phenoxy) is 2. The minimum Gasteiger partial charge on any atom is -0.465 e. The van der Waals surface area contributed by atoms with Crippen molar-refractivity contribution in [1.82, 2.24) is 0 Å². The summed E-state index contributed by atoms with van der Waals surface area (Å²) in [6.45, 7) is 3.70. The topological polar surface area (TPSA) is 105 Å². The molecule has 0 aromatic carbocycles. The number of esters is 2. The van der Waals surface area contributed by atoms with Crippen molar-refractivity contribution in [1.29, 1.82) is 0 Å². The van der Waals surface area contributed by atoms with Crippen LogP contribution in [0, 0.1) is 0 Å². The van der Waals surface area contributed by atoms with Crippen LogP contribution in [0.25, 0.3) is 0 Å². The fraction of sp³-hybridized carbons (Fsp3) is 0.800. The zero-order valence-electron chi connectivity index (χ0n) is 9.77. The molecular weight excluding hydrogens is 212 g/mol. The summed E-state index contributed by atoms with van der Waals surface area (Å²) < 4.78 is 9.66. The molecule has 16 heavy (non-hydrogen) atoms. The Morgan fingerprint density at radius 3 is 1.50 bits per heavy atom. The minimum atomic E-state index is -0.601. The van der Waals surface area contributed by atoms with Gasteiger partial charge in [0.2, 0.25) is 0 Å². The molecule has 4 N–H and O–H groups in total. The smallest absolute Gasteiger partial charge is 0.322 e. The molecule has 0 amide bonds. The van der Waals surface area contributed by atoms with Gasteiger partial charge in [-0.2, -0.15) is 0 Å². The number of nitrogens with two attached hydrogens (primary N) is 2. The first kappa shape index (κ1) is 14.9. The number of unbranched alkanes of at least 4 members (excludes halogenated alkanes) is 1. The molecule has 0 aliphatic heterocycles. The molecule has 0 radical (unpaired) electrons. The summed E-state index contributed by atoms with van der Waals surface area (Å²) in [7, 11) is 0. The van der Waals surface area contributed by atoms with E-state index in [0.717, 1.165) is 0 Å². The Balaban J connectivity index is 3.35. The van der Waals surface area contributed by atoms with E-state index in [-0.39, 0.29) is 13.2 Å². The third-order valence-corrected chi connectivity index (χ3v) is 1.77. The molecule has 0 aromatic heterocycles. The van der Waals surface area contributed by atoms with Crippen molar-refractivity contribution in [3.63, 3.8) is 0 Å². The Hall–Kier alpha value is -1.14. The van der Waals surface area contributed by atoms with Gasteiger partial charge in [-0.15, -0.1) is 0 Å². The van der Waals surface area contributed by atoms with Gasteiger partial charge in [-0.3, -0.25) is 9.59 Å². The van der Waals surface area contributed by atoms with E-state index in [2.05, 4.69) is 0 Å². The second-order valence-corrected chi connectivity index (χ2v) is 3.62. The van der Waals surface area contributed by atoms with Crippen molar-refractivity contribution >= 4 is 11.9 Å². The molecule has 0 bridgehead atoms. The fourth-order valence-corrected chi connectivity index (χ4v) is 0.813. The molecule has 2 atom stereocenters. The Bertz CT molecular complexity index is 205. The predicted octanol–water partition coefficient (Wildman–Crippen LogP) is -0.453. The Labute approximate surface area is 95.3 Å². The van der Waals surface area contributed by atoms with E-state index in [0.29, 0.717) is 12.8 Å². The van der Waals surface area contributed by atoms with Crippen LogP contribution < -0.4 is 11.5 Å². The average molecular weight is 232 g/mol. The SMILES string of the molecule is C[C@H](N)C(=O)OCCCCOC(=O)[C@H](C)N. The van der Waals surface area contributed by atoms with Gasteiger partial charge in [-0.25, -0.2) is 0 Å². The molecule has 0 saturated carbocycles. The lowest BCUT2D eigenvalue weighted by molar-refractivity contribution is -0.147. The maximum Gasteiger partial charge on any atom is 0.322 e. The summed E-state index contributed by atoms with van der Waals surface area (Å²) in [5, 5.41) is 0. The van der Waals surface area contributed by atoms with Gasteiger partial charge >= 0.3 is 11.9 Å². The second-order valence-electron chi connectivity index (χ2n) is 3.62. The first-order valence-electron chi connectivity index (χ1n) is 5.29. The molecule has 0 fully saturated rings. The zero-order chi connectivity index (χ0) is 12.6. The van der Waals surface area contributed by atoms with Crippen molar-refractivity contribution in [3.8, 4) is 0 Å². The molecule has 6 nitrogen and oxygen atoms in total. The van der Waals surface area contributed by atoms with E-state index in [4.69, 9.17) is 20.9 Å². The Kier molecular flexibility index (Phi) is 7.49. The first-order valence-corrected chi connectivity index (χ1v) is 5.29. The summed E-state index contributed by atoms with van der Waals surface area (Å²) in [6.07, 6.45) is 1.26. The van der Waals surface area contributed by atoms with Crippen LogP contribution in [-0.2, 0) is 19.1 Å². The average Bonchev–Trinajstić information content (AvgIpc) is 2.21. The molecule has 0 saturated heterocycles. The predicted molar refractivity (Wildman–Crippen MR) is 58.5 cm³/mol. The summed E-state index contributed by atoms with van der Waals surface area (Å²) >= 11 is 0. The van der Waals surface area contributed by atoms with Crippen molar-refractivity contribution in [2.24, 2.45) is 11.5 Å². The van der Waals surface area contributed by atoms with Crippen molar-refractivity contribution in [2.45, 2.75) is 38.8 Å². The highest BCUT2D eigenvalue weighted by Crippen LogP contribution is 1.94. The van der Waals surface area contributed by atoms with Crippen LogP contribution in [0.2, 0.25) is 0 Å². The van der Waals surface area contributed by atoms with Gasteiger partial charge in [-0.05, 0) is 26.7 Å². The van der Waals surface area contributed by atoms with Crippen LogP contribution in [0.5, 0.6) is 0 Å². The normalized spacial score (nSPS) is 14.0. The number of hydrogen-bond donors (Lipinski definition) is 2. The Morgan fingerprint density at radius 1 is 0.938 bits per heavy atom. The van der Waals surface area contributed by atoms with Gasteiger partial charge in [0, 0.05) is 0 Å². The number of hydrogen-bond acceptors (Lipinski definition) is 6. The monoisotopic (exact) mass is 232 g/mol. The van der Waals surface area contributed by atoms with Crippen molar-refractivity contribution < 1.29 is 19.1 Å². The van der Waals surface area contributed by atoms with E-state index < -0.39 is 24.0 Å². The Morgan fingerprint density at radius 2 is 1.25 bits per heavy atom. The molecule has 0 aliphatic rings. The van der Waals surface area contributed by atoms with E-state index in [1.54, 1.807) is 13.8 Å². The molecule has 0 aliphatic carbocycles. The number of rotatable bonds is 7. The minimum absolute atomic E-state index is 0.288. The van der Waals surface area contributed by atoms with Gasteiger partial charge in [0.25, 0.3) is 0 Å². The van der Waals surface area contributed by atoms with Crippen LogP contribution in [-0.4, -0.2) is 37.2 Å². The molecule has 94 valence electrons. The van der Waals surface area contributed by atoms with Crippen LogP contribution in [0.4, 0.5) is 0 Å². The largest absolute Gasteiger partial charge is 0.465 e. The first-order chi connectivity index (χ1) is 7.45. The maximum absolute atomic E-state index is 10.9. The fourth-order valence-electron chi connectivity index (χ4n) is 0.813. The highest BCUT2D eigenvalue weighted by atomic mass is 16.5. The highest BCUT2D eigenvalue weighted by molar-refractivity contribution is 5.75. The van der Waals surface area contributed by atoms with Gasteiger partial charge < -0.3 is 20.9 Å². The third kappa shape index (κ3) is 7.19. The van der Waals surface area contributed by atoms with Gasteiger partial charge in [0.1, 0.15) is 12.1 Å². The molecule has 0 aromatic rings. The molecular formula is C10H20N2O4. The van der Waals surface area contributed by atoms with Gasteiger partial charge in [0.05, 0.1) is 13.2 Å². The van der Waals surface area contributed by atoms with Crippen LogP contribution >= 0.6 is 0 Å². The standard InChI is InChI=1S/C10H20N2O4/c1-7(11)9(13)15-5-3-4-6-16-10(14)8(2)12/h7-8H,3-6,11-12H2,1-2H3/t7-,8-/m0/s1. The lowest BCUT2D eigenvalue weighted by Crippen LogP contribution is -2.29. The maximum atomic E-state index is 10.9. The lowest BCUT2D eigenvalue weighted by atomic mass is 10.3. The third-order valence-electron chi connectivity index (χ3n) is 1.77. The summed E-state index contributed by atoms with van der Waals surface area (Å²) in [4.78, 5) is 21.8. The molecule has 6 heteroatoms. The second kappa shape index (κ2) is 8.06. The number of carbonyl (C=O) groups is 2. The zero-order valence-corrected chi connectivity index (χ0v) is 9.77. The van der Waals surface area contributed by atoms with Crippen LogP contribution in [0.1, 0.15) is 26.7 Å². The lowest BCUT2D eigenvalue weighted by Gasteiger charge is -2.08. The van der Waals surface area contributed by atoms with Crippen molar-refractivity contribution in [3.05, 3.63) is 0 Å². The van der Waals surface area contributed by atoms with Gasteiger partial charge in [0.15, 0.2) is 0 Å². The number of carbonyl (C=O) groups excluding carboxylic acids is 2. The summed E-state index contributed by atoms with van der Waals surface area (Å²) in [6, 6.07) is -1.20. The molecule has 0 rings (SSSR count). The van der Waals surface area contributed by atoms with E-state index in [9.17, 15) is 9.59 Å². The van der Waals surface area contributed by atoms with E-state index in [1.165, 1.54) is 0 Å². The van der Waals surface area contributed by atoms with Crippen LogP contribution in [0.3, 0.4) is 0 Å². The van der Waals surface area contributed by atoms with Crippen molar-refractivity contribution in [2.75, 3.05) is 13.2 Å². The summed E-state index contributed by atoms with van der Waals surface area (Å²) in [5.41, 5.74) is 10.6. The molecule has 0 spiro atoms. The van der Waals surface area contributed by atoms with E-state index >= 15 is 0 Å². The quantitative estimate of drug-likeness (QED) is 0.455. The molecule has 0 unspecified atom stereocenters. The summed E-state index contributed by atoms with van der Waals surface area (Å²) in [5.74, 6) is -0.847. The molecule has 0 heterocycles. The van der Waals surface area contributed by atoms with Crippen LogP contribution in [0.15, 0.2) is 0 Å². The highest BCUT2D eigenvalue weighted by Gasteiger charge is 2.09.